The first-order valence-electron chi connectivity index (χ1n) is 6.80. The van der Waals surface area contributed by atoms with E-state index in [0.29, 0.717) is 6.54 Å². The van der Waals surface area contributed by atoms with Gasteiger partial charge >= 0.3 is 0 Å². The largest absolute Gasteiger partial charge is 0.355 e. The second-order valence-electron chi connectivity index (χ2n) is 4.51. The fourth-order valence-corrected chi connectivity index (χ4v) is 4.89. The van der Waals surface area contributed by atoms with Gasteiger partial charge in [0.1, 0.15) is 0 Å². The minimum atomic E-state index is -0.0515. The minimum Gasteiger partial charge on any atom is -0.355 e. The molecule has 0 radical (unpaired) electrons. The lowest BCUT2D eigenvalue weighted by Gasteiger charge is -2.04. The van der Waals surface area contributed by atoms with Crippen LogP contribution in [0.5, 0.6) is 0 Å². The van der Waals surface area contributed by atoms with Gasteiger partial charge in [-0.15, -0.1) is 22.7 Å². The van der Waals surface area contributed by atoms with Crippen molar-refractivity contribution in [3.8, 4) is 0 Å². The number of hydrogen-bond acceptors (Lipinski definition) is 5. The fraction of sp³-hybridized carbons (Fsp3) is 0.333. The molecule has 0 saturated heterocycles. The van der Waals surface area contributed by atoms with Crippen molar-refractivity contribution in [3.05, 3.63) is 43.2 Å². The lowest BCUT2D eigenvalue weighted by Crippen LogP contribution is -2.26. The fourth-order valence-electron chi connectivity index (χ4n) is 1.74. The topological polar surface area (TPSA) is 46.2 Å². The van der Waals surface area contributed by atoms with Crippen molar-refractivity contribution in [1.29, 1.82) is 0 Å². The van der Waals surface area contributed by atoms with Crippen LogP contribution in [0, 0.1) is 0 Å². The van der Waals surface area contributed by atoms with Gasteiger partial charge in [-0.05, 0) is 39.5 Å². The molecule has 22 heavy (non-hydrogen) atoms. The Hall–Kier alpha value is -0.630. The number of halogens is 1. The highest BCUT2D eigenvalue weighted by Crippen LogP contribution is 2.25. The van der Waals surface area contributed by atoms with Gasteiger partial charge in [0.15, 0.2) is 5.78 Å². The van der Waals surface area contributed by atoms with Crippen LogP contribution in [0.15, 0.2) is 33.4 Å². The van der Waals surface area contributed by atoms with Crippen LogP contribution in [0.2, 0.25) is 0 Å². The SMILES string of the molecule is O=C(CCC(=O)c1cccs1)NCCSCc1ccc(Br)s1. The number of thiophene rings is 2. The summed E-state index contributed by atoms with van der Waals surface area (Å²) in [5.41, 5.74) is 0. The van der Waals surface area contributed by atoms with E-state index in [2.05, 4.69) is 27.3 Å². The van der Waals surface area contributed by atoms with E-state index < -0.39 is 0 Å². The van der Waals surface area contributed by atoms with Gasteiger partial charge in [0.2, 0.25) is 5.91 Å². The summed E-state index contributed by atoms with van der Waals surface area (Å²) in [5, 5.41) is 4.73. The van der Waals surface area contributed by atoms with Crippen LogP contribution in [0.4, 0.5) is 0 Å². The highest BCUT2D eigenvalue weighted by molar-refractivity contribution is 9.11. The van der Waals surface area contributed by atoms with Crippen LogP contribution in [0.3, 0.4) is 0 Å². The predicted molar refractivity (Wildman–Crippen MR) is 99.1 cm³/mol. The van der Waals surface area contributed by atoms with E-state index in [1.54, 1.807) is 29.2 Å². The Labute approximate surface area is 150 Å². The number of rotatable bonds is 9. The van der Waals surface area contributed by atoms with Gasteiger partial charge in [0, 0.05) is 35.8 Å². The van der Waals surface area contributed by atoms with E-state index in [9.17, 15) is 9.59 Å². The maximum Gasteiger partial charge on any atom is 0.220 e. The molecule has 2 aromatic rings. The molecule has 0 aliphatic carbocycles. The molecule has 0 fully saturated rings. The molecule has 0 bridgehead atoms. The first-order chi connectivity index (χ1) is 10.6. The lowest BCUT2D eigenvalue weighted by molar-refractivity contribution is -0.120. The van der Waals surface area contributed by atoms with Crippen LogP contribution >= 0.6 is 50.4 Å². The van der Waals surface area contributed by atoms with Gasteiger partial charge in [-0.1, -0.05) is 6.07 Å². The molecule has 2 aromatic heterocycles. The Balaban J connectivity index is 1.53. The molecule has 3 nitrogen and oxygen atoms in total. The van der Waals surface area contributed by atoms with Gasteiger partial charge in [-0.3, -0.25) is 9.59 Å². The number of carbonyl (C=O) groups excluding carboxylic acids is 2. The minimum absolute atomic E-state index is 0.0443. The molecule has 1 N–H and O–H groups in total. The Bertz CT molecular complexity index is 610. The average Bonchev–Trinajstić information content (AvgIpc) is 3.16. The van der Waals surface area contributed by atoms with Crippen LogP contribution in [-0.2, 0) is 10.5 Å². The zero-order chi connectivity index (χ0) is 15.8. The normalized spacial score (nSPS) is 10.6. The second-order valence-corrected chi connectivity index (χ2v) is 9.11. The highest BCUT2D eigenvalue weighted by Gasteiger charge is 2.09. The first-order valence-corrected chi connectivity index (χ1v) is 10.4. The molecule has 2 rings (SSSR count). The quantitative estimate of drug-likeness (QED) is 0.479. The second kappa shape index (κ2) is 9.50. The Kier molecular flexibility index (Phi) is 7.65. The number of ketones is 1. The van der Waals surface area contributed by atoms with Crippen molar-refractivity contribution in [2.75, 3.05) is 12.3 Å². The van der Waals surface area contributed by atoms with Crippen LogP contribution < -0.4 is 5.32 Å². The molecule has 1 amide bonds. The number of nitrogens with one attached hydrogen (secondary N) is 1. The summed E-state index contributed by atoms with van der Waals surface area (Å²) < 4.78 is 1.15. The molecular formula is C15H16BrNO2S3. The van der Waals surface area contributed by atoms with E-state index in [1.165, 1.54) is 16.2 Å². The van der Waals surface area contributed by atoms with E-state index in [0.717, 1.165) is 20.2 Å². The molecule has 118 valence electrons. The van der Waals surface area contributed by atoms with Gasteiger partial charge in [0.25, 0.3) is 0 Å². The van der Waals surface area contributed by atoms with Gasteiger partial charge in [0.05, 0.1) is 8.66 Å². The maximum absolute atomic E-state index is 11.8. The van der Waals surface area contributed by atoms with Crippen molar-refractivity contribution < 1.29 is 9.59 Å². The summed E-state index contributed by atoms with van der Waals surface area (Å²) in [6.07, 6.45) is 0.544. The van der Waals surface area contributed by atoms with E-state index in [-0.39, 0.29) is 24.5 Å². The summed E-state index contributed by atoms with van der Waals surface area (Å²) in [6.45, 7) is 0.642. The Morgan fingerprint density at radius 3 is 2.77 bits per heavy atom. The van der Waals surface area contributed by atoms with Crippen molar-refractivity contribution >= 4 is 62.1 Å². The number of carbonyl (C=O) groups is 2. The van der Waals surface area contributed by atoms with E-state index >= 15 is 0 Å². The van der Waals surface area contributed by atoms with Crippen molar-refractivity contribution in [1.82, 2.24) is 5.32 Å². The monoisotopic (exact) mass is 417 g/mol. The lowest BCUT2D eigenvalue weighted by atomic mass is 10.2. The van der Waals surface area contributed by atoms with Gasteiger partial charge < -0.3 is 5.32 Å². The molecule has 0 aliphatic heterocycles. The third-order valence-electron chi connectivity index (χ3n) is 2.82. The summed E-state index contributed by atoms with van der Waals surface area (Å²) in [4.78, 5) is 25.5. The molecule has 2 heterocycles. The standard InChI is InChI=1S/C15H16BrNO2S3/c16-14-5-3-11(22-14)10-20-9-7-17-15(19)6-4-12(18)13-2-1-8-21-13/h1-3,5,8H,4,6-7,9-10H2,(H,17,19). The molecule has 0 saturated carbocycles. The predicted octanol–water partition coefficient (Wildman–Crippen LogP) is 4.58. The van der Waals surface area contributed by atoms with Crippen LogP contribution in [0.1, 0.15) is 27.4 Å². The van der Waals surface area contributed by atoms with E-state index in [1.807, 2.05) is 17.5 Å². The van der Waals surface area contributed by atoms with E-state index in [4.69, 9.17) is 0 Å². The molecule has 0 aromatic carbocycles. The maximum atomic E-state index is 11.8. The van der Waals surface area contributed by atoms with Crippen molar-refractivity contribution in [3.63, 3.8) is 0 Å². The van der Waals surface area contributed by atoms with Crippen LogP contribution in [0.25, 0.3) is 0 Å². The first kappa shape index (κ1) is 17.7. The van der Waals surface area contributed by atoms with Gasteiger partial charge in [-0.2, -0.15) is 11.8 Å². The zero-order valence-corrected chi connectivity index (χ0v) is 15.9. The molecular weight excluding hydrogens is 402 g/mol. The third-order valence-corrected chi connectivity index (χ3v) is 6.54. The smallest absolute Gasteiger partial charge is 0.220 e. The van der Waals surface area contributed by atoms with Crippen molar-refractivity contribution in [2.45, 2.75) is 18.6 Å². The van der Waals surface area contributed by atoms with Crippen molar-refractivity contribution in [2.24, 2.45) is 0 Å². The number of thioether (sulfide) groups is 1. The highest BCUT2D eigenvalue weighted by atomic mass is 79.9. The summed E-state index contributed by atoms with van der Waals surface area (Å²) in [7, 11) is 0. The van der Waals surface area contributed by atoms with Crippen LogP contribution in [-0.4, -0.2) is 24.0 Å². The number of Topliss-reactive ketones (excluding diaryl/α,β-unsaturated/α-hetero) is 1. The summed E-state index contributed by atoms with van der Waals surface area (Å²) in [5.74, 6) is 1.83. The zero-order valence-electron chi connectivity index (χ0n) is 11.8. The molecule has 0 atom stereocenters. The van der Waals surface area contributed by atoms with Gasteiger partial charge in [-0.25, -0.2) is 0 Å². The summed E-state index contributed by atoms with van der Waals surface area (Å²) in [6, 6.07) is 7.80. The molecule has 0 spiro atoms. The number of amides is 1. The molecule has 0 aliphatic rings. The Morgan fingerprint density at radius 2 is 2.09 bits per heavy atom. The molecule has 7 heteroatoms. The Morgan fingerprint density at radius 1 is 1.23 bits per heavy atom. The third kappa shape index (κ3) is 6.24. The molecule has 0 unspecified atom stereocenters. The number of hydrogen-bond donors (Lipinski definition) is 1. The summed E-state index contributed by atoms with van der Waals surface area (Å²) >= 11 is 8.39. The average molecular weight is 418 g/mol.